The van der Waals surface area contributed by atoms with Crippen molar-refractivity contribution in [3.05, 3.63) is 82.4 Å². The molecule has 0 fully saturated rings. The standard InChI is InChI=1S/C24H24ClNO5/c1-28-19-11-9-15(13-21(19)30-3)23(16-10-12-20(29-2)22(14-16)31-4)26-24(27)17-7-5-6-8-18(17)25/h5-14,23H,1-4H3,(H,26,27). The van der Waals surface area contributed by atoms with Crippen LogP contribution in [0.15, 0.2) is 60.7 Å². The first-order chi connectivity index (χ1) is 15.0. The summed E-state index contributed by atoms with van der Waals surface area (Å²) in [5, 5.41) is 3.44. The average molecular weight is 442 g/mol. The Bertz CT molecular complexity index is 1010. The van der Waals surface area contributed by atoms with Crippen LogP contribution in [0.1, 0.15) is 27.5 Å². The maximum Gasteiger partial charge on any atom is 0.253 e. The monoisotopic (exact) mass is 441 g/mol. The third kappa shape index (κ3) is 4.86. The van der Waals surface area contributed by atoms with Gasteiger partial charge in [0, 0.05) is 0 Å². The van der Waals surface area contributed by atoms with Crippen LogP contribution >= 0.6 is 11.6 Å². The average Bonchev–Trinajstić information content (AvgIpc) is 2.81. The molecular formula is C24H24ClNO5. The van der Waals surface area contributed by atoms with E-state index in [0.29, 0.717) is 33.6 Å². The number of benzene rings is 3. The fourth-order valence-electron chi connectivity index (χ4n) is 3.28. The predicted molar refractivity (Wildman–Crippen MR) is 120 cm³/mol. The summed E-state index contributed by atoms with van der Waals surface area (Å²) in [6.07, 6.45) is 0. The molecule has 6 nitrogen and oxygen atoms in total. The summed E-state index contributed by atoms with van der Waals surface area (Å²) in [4.78, 5) is 13.1. The number of carbonyl (C=O) groups excluding carboxylic acids is 1. The number of methoxy groups -OCH3 is 4. The van der Waals surface area contributed by atoms with Gasteiger partial charge in [0.1, 0.15) is 0 Å². The quantitative estimate of drug-likeness (QED) is 0.539. The third-order valence-corrected chi connectivity index (χ3v) is 5.21. The van der Waals surface area contributed by atoms with Crippen molar-refractivity contribution in [3.63, 3.8) is 0 Å². The van der Waals surface area contributed by atoms with Gasteiger partial charge in [-0.05, 0) is 47.5 Å². The SMILES string of the molecule is COc1ccc(C(NC(=O)c2ccccc2Cl)c2ccc(OC)c(OC)c2)cc1OC. The lowest BCUT2D eigenvalue weighted by Gasteiger charge is -2.22. The van der Waals surface area contributed by atoms with Gasteiger partial charge in [0.2, 0.25) is 0 Å². The maximum atomic E-state index is 13.1. The van der Waals surface area contributed by atoms with Crippen LogP contribution in [-0.2, 0) is 0 Å². The molecular weight excluding hydrogens is 418 g/mol. The van der Waals surface area contributed by atoms with Crippen molar-refractivity contribution in [2.24, 2.45) is 0 Å². The number of amides is 1. The Labute approximate surface area is 186 Å². The smallest absolute Gasteiger partial charge is 0.253 e. The lowest BCUT2D eigenvalue weighted by molar-refractivity contribution is 0.0943. The number of hydrogen-bond acceptors (Lipinski definition) is 5. The normalized spacial score (nSPS) is 10.5. The van der Waals surface area contributed by atoms with Crippen molar-refractivity contribution >= 4 is 17.5 Å². The van der Waals surface area contributed by atoms with Gasteiger partial charge in [0.25, 0.3) is 5.91 Å². The molecule has 0 saturated carbocycles. The zero-order valence-corrected chi connectivity index (χ0v) is 18.5. The molecule has 3 aromatic rings. The lowest BCUT2D eigenvalue weighted by atomic mass is 9.97. The van der Waals surface area contributed by atoms with Crippen LogP contribution < -0.4 is 24.3 Å². The van der Waals surface area contributed by atoms with E-state index in [1.165, 1.54) is 0 Å². The Balaban J connectivity index is 2.08. The number of rotatable bonds is 8. The van der Waals surface area contributed by atoms with Gasteiger partial charge in [-0.3, -0.25) is 4.79 Å². The topological polar surface area (TPSA) is 66.0 Å². The van der Waals surface area contributed by atoms with E-state index in [4.69, 9.17) is 30.5 Å². The highest BCUT2D eigenvalue weighted by atomic mass is 35.5. The van der Waals surface area contributed by atoms with E-state index in [1.807, 2.05) is 24.3 Å². The van der Waals surface area contributed by atoms with Crippen LogP contribution in [0, 0.1) is 0 Å². The largest absolute Gasteiger partial charge is 0.493 e. The molecule has 0 spiro atoms. The minimum atomic E-state index is -0.511. The van der Waals surface area contributed by atoms with Gasteiger partial charge in [-0.2, -0.15) is 0 Å². The van der Waals surface area contributed by atoms with Crippen molar-refractivity contribution in [2.45, 2.75) is 6.04 Å². The van der Waals surface area contributed by atoms with E-state index in [-0.39, 0.29) is 5.91 Å². The third-order valence-electron chi connectivity index (χ3n) is 4.88. The fourth-order valence-corrected chi connectivity index (χ4v) is 3.50. The number of nitrogens with one attached hydrogen (secondary N) is 1. The summed E-state index contributed by atoms with van der Waals surface area (Å²) in [5.74, 6) is 1.99. The first-order valence-corrected chi connectivity index (χ1v) is 9.89. The Hall–Kier alpha value is -3.38. The van der Waals surface area contributed by atoms with Crippen LogP contribution in [0.4, 0.5) is 0 Å². The van der Waals surface area contributed by atoms with Gasteiger partial charge in [-0.15, -0.1) is 0 Å². The van der Waals surface area contributed by atoms with Crippen LogP contribution in [0.5, 0.6) is 23.0 Å². The second-order valence-corrected chi connectivity index (χ2v) is 7.02. The van der Waals surface area contributed by atoms with Gasteiger partial charge in [0.15, 0.2) is 23.0 Å². The second-order valence-electron chi connectivity index (χ2n) is 6.62. The number of hydrogen-bond donors (Lipinski definition) is 1. The molecule has 0 radical (unpaired) electrons. The van der Waals surface area contributed by atoms with Gasteiger partial charge in [0.05, 0.1) is 45.1 Å². The van der Waals surface area contributed by atoms with Crippen LogP contribution in [-0.4, -0.2) is 34.3 Å². The summed E-state index contributed by atoms with van der Waals surface area (Å²) in [5.41, 5.74) is 1.98. The van der Waals surface area contributed by atoms with Gasteiger partial charge in [-0.1, -0.05) is 35.9 Å². The molecule has 0 aromatic heterocycles. The van der Waals surface area contributed by atoms with E-state index in [0.717, 1.165) is 11.1 Å². The molecule has 0 aliphatic rings. The van der Waals surface area contributed by atoms with Crippen molar-refractivity contribution in [1.29, 1.82) is 0 Å². The molecule has 0 heterocycles. The van der Waals surface area contributed by atoms with Crippen molar-refractivity contribution < 1.29 is 23.7 Å². The fraction of sp³-hybridized carbons (Fsp3) is 0.208. The predicted octanol–water partition coefficient (Wildman–Crippen LogP) is 4.89. The van der Waals surface area contributed by atoms with E-state index in [2.05, 4.69) is 5.32 Å². The Morgan fingerprint density at radius 3 is 1.68 bits per heavy atom. The molecule has 0 atom stereocenters. The molecule has 0 unspecified atom stereocenters. The molecule has 1 N–H and O–H groups in total. The van der Waals surface area contributed by atoms with E-state index >= 15 is 0 Å². The molecule has 3 rings (SSSR count). The molecule has 3 aromatic carbocycles. The molecule has 0 bridgehead atoms. The molecule has 0 aliphatic heterocycles. The van der Waals surface area contributed by atoms with E-state index < -0.39 is 6.04 Å². The van der Waals surface area contributed by atoms with Gasteiger partial charge >= 0.3 is 0 Å². The molecule has 162 valence electrons. The van der Waals surface area contributed by atoms with Gasteiger partial charge < -0.3 is 24.3 Å². The van der Waals surface area contributed by atoms with Crippen molar-refractivity contribution in [3.8, 4) is 23.0 Å². The highest BCUT2D eigenvalue weighted by Gasteiger charge is 2.22. The number of ether oxygens (including phenoxy) is 4. The van der Waals surface area contributed by atoms with Crippen molar-refractivity contribution in [1.82, 2.24) is 5.32 Å². The minimum Gasteiger partial charge on any atom is -0.493 e. The summed E-state index contributed by atoms with van der Waals surface area (Å²) in [7, 11) is 6.27. The second kappa shape index (κ2) is 10.1. The van der Waals surface area contributed by atoms with E-state index in [9.17, 15) is 4.79 Å². The van der Waals surface area contributed by atoms with Gasteiger partial charge in [-0.25, -0.2) is 0 Å². The van der Waals surface area contributed by atoms with Crippen LogP contribution in [0.2, 0.25) is 5.02 Å². The lowest BCUT2D eigenvalue weighted by Crippen LogP contribution is -2.29. The summed E-state index contributed by atoms with van der Waals surface area (Å²) >= 11 is 6.24. The highest BCUT2D eigenvalue weighted by molar-refractivity contribution is 6.33. The number of halogens is 1. The number of carbonyl (C=O) groups is 1. The maximum absolute atomic E-state index is 13.1. The van der Waals surface area contributed by atoms with Crippen LogP contribution in [0.3, 0.4) is 0 Å². The summed E-state index contributed by atoms with van der Waals surface area (Å²) < 4.78 is 21.6. The first-order valence-electron chi connectivity index (χ1n) is 9.51. The Kier molecular flexibility index (Phi) is 7.26. The molecule has 0 saturated heterocycles. The van der Waals surface area contributed by atoms with Crippen LogP contribution in [0.25, 0.3) is 0 Å². The van der Waals surface area contributed by atoms with Crippen molar-refractivity contribution in [2.75, 3.05) is 28.4 Å². The molecule has 7 heteroatoms. The summed E-state index contributed by atoms with van der Waals surface area (Å²) in [6.45, 7) is 0. The molecule has 0 aliphatic carbocycles. The van der Waals surface area contributed by atoms with E-state index in [1.54, 1.807) is 64.8 Å². The molecule has 31 heavy (non-hydrogen) atoms. The molecule has 1 amide bonds. The first kappa shape index (κ1) is 22.3. The Morgan fingerprint density at radius 1 is 0.742 bits per heavy atom. The highest BCUT2D eigenvalue weighted by Crippen LogP contribution is 2.36. The minimum absolute atomic E-state index is 0.305. The zero-order chi connectivity index (χ0) is 22.4. The zero-order valence-electron chi connectivity index (χ0n) is 17.8. The Morgan fingerprint density at radius 2 is 1.23 bits per heavy atom. The summed E-state index contributed by atoms with van der Waals surface area (Å²) in [6, 6.07) is 17.4.